The first kappa shape index (κ1) is 22.7. The van der Waals surface area contributed by atoms with Crippen molar-refractivity contribution in [2.24, 2.45) is 5.92 Å². The minimum Gasteiger partial charge on any atom is -0.484 e. The summed E-state index contributed by atoms with van der Waals surface area (Å²) >= 11 is 5.61. The van der Waals surface area contributed by atoms with Gasteiger partial charge in [-0.15, -0.1) is 5.10 Å². The summed E-state index contributed by atoms with van der Waals surface area (Å²) in [7, 11) is 0. The van der Waals surface area contributed by atoms with Gasteiger partial charge in [-0.25, -0.2) is 13.2 Å². The Morgan fingerprint density at radius 1 is 1.28 bits per heavy atom. The van der Waals surface area contributed by atoms with Gasteiger partial charge in [0, 0.05) is 25.1 Å². The Morgan fingerprint density at radius 3 is 2.78 bits per heavy atom. The molecule has 1 unspecified atom stereocenters. The van der Waals surface area contributed by atoms with Gasteiger partial charge in [-0.3, -0.25) is 4.79 Å². The van der Waals surface area contributed by atoms with Crippen LogP contribution >= 0.6 is 11.6 Å². The monoisotopic (exact) mass is 474 g/mol. The Labute approximate surface area is 186 Å². The fraction of sp³-hybridized carbons (Fsp3) is 0.550. The van der Waals surface area contributed by atoms with Crippen molar-refractivity contribution in [2.45, 2.75) is 43.7 Å². The van der Waals surface area contributed by atoms with Crippen molar-refractivity contribution in [1.29, 1.82) is 0 Å². The lowest BCUT2D eigenvalue weighted by molar-refractivity contribution is -0.145. The van der Waals surface area contributed by atoms with E-state index in [4.69, 9.17) is 25.5 Å². The second-order valence-electron chi connectivity index (χ2n) is 7.88. The van der Waals surface area contributed by atoms with E-state index in [1.54, 1.807) is 0 Å². The van der Waals surface area contributed by atoms with Gasteiger partial charge in [0.1, 0.15) is 18.2 Å². The first-order valence-corrected chi connectivity index (χ1v) is 10.6. The zero-order chi connectivity index (χ0) is 22.7. The molecule has 1 aliphatic heterocycles. The van der Waals surface area contributed by atoms with Crippen LogP contribution in [0.1, 0.15) is 37.6 Å². The molecule has 2 aromatic rings. The number of alkyl halides is 2. The van der Waals surface area contributed by atoms with Crippen LogP contribution in [0.2, 0.25) is 5.02 Å². The molecule has 1 saturated heterocycles. The Morgan fingerprint density at radius 2 is 2.12 bits per heavy atom. The van der Waals surface area contributed by atoms with Crippen molar-refractivity contribution in [3.8, 4) is 11.8 Å². The number of piperidine rings is 1. The van der Waals surface area contributed by atoms with Crippen molar-refractivity contribution in [1.82, 2.24) is 20.8 Å². The van der Waals surface area contributed by atoms with Gasteiger partial charge in [-0.05, 0) is 31.4 Å². The molecule has 0 spiro atoms. The number of hydrogen-bond acceptors (Lipinski definition) is 7. The van der Waals surface area contributed by atoms with Gasteiger partial charge in [0.05, 0.1) is 17.0 Å². The molecule has 1 aromatic carbocycles. The van der Waals surface area contributed by atoms with Gasteiger partial charge in [-0.2, -0.15) is 0 Å². The number of nitrogens with one attached hydrogen (secondary N) is 2. The number of ether oxygens (including phenoxy) is 2. The molecule has 1 aliphatic carbocycles. The number of carbonyl (C=O) groups is 1. The summed E-state index contributed by atoms with van der Waals surface area (Å²) in [5.74, 6) is -3.96. The normalized spacial score (nSPS) is 24.4. The molecule has 32 heavy (non-hydrogen) atoms. The van der Waals surface area contributed by atoms with Crippen LogP contribution in [-0.2, 0) is 4.79 Å². The van der Waals surface area contributed by atoms with Gasteiger partial charge >= 0.3 is 6.08 Å². The van der Waals surface area contributed by atoms with Crippen molar-refractivity contribution < 1.29 is 31.9 Å². The zero-order valence-electron chi connectivity index (χ0n) is 17.0. The second-order valence-corrected chi connectivity index (χ2v) is 8.29. The molecule has 1 amide bonds. The third kappa shape index (κ3) is 5.44. The fourth-order valence-corrected chi connectivity index (χ4v) is 3.66. The molecule has 8 nitrogen and oxygen atoms in total. The zero-order valence-corrected chi connectivity index (χ0v) is 17.7. The van der Waals surface area contributed by atoms with E-state index < -0.39 is 17.7 Å². The lowest BCUT2D eigenvalue weighted by Crippen LogP contribution is -2.48. The number of aromatic nitrogens is 2. The number of benzene rings is 1. The quantitative estimate of drug-likeness (QED) is 0.606. The highest BCUT2D eigenvalue weighted by atomic mass is 35.5. The first-order chi connectivity index (χ1) is 15.3. The molecule has 2 fully saturated rings. The molecule has 0 bridgehead atoms. The van der Waals surface area contributed by atoms with E-state index >= 15 is 0 Å². The lowest BCUT2D eigenvalue weighted by atomic mass is 9.81. The molecule has 1 saturated carbocycles. The number of rotatable bonds is 8. The maximum atomic E-state index is 13.4. The molecule has 2 heterocycles. The van der Waals surface area contributed by atoms with Crippen LogP contribution in [0.5, 0.6) is 11.8 Å². The van der Waals surface area contributed by atoms with E-state index in [0.29, 0.717) is 31.7 Å². The Kier molecular flexibility index (Phi) is 6.75. The van der Waals surface area contributed by atoms with Gasteiger partial charge < -0.3 is 24.5 Å². The summed E-state index contributed by atoms with van der Waals surface area (Å²) in [6, 6.07) is 3.58. The van der Waals surface area contributed by atoms with Crippen LogP contribution in [0.4, 0.5) is 13.2 Å². The number of carbonyl (C=O) groups excluding carboxylic acids is 1. The van der Waals surface area contributed by atoms with E-state index in [1.807, 2.05) is 0 Å². The molecular weight excluding hydrogens is 453 g/mol. The average molecular weight is 475 g/mol. The third-order valence-electron chi connectivity index (χ3n) is 5.59. The van der Waals surface area contributed by atoms with Gasteiger partial charge in [0.25, 0.3) is 11.8 Å². The summed E-state index contributed by atoms with van der Waals surface area (Å²) in [6.45, 7) is 0.0375. The van der Waals surface area contributed by atoms with E-state index in [9.17, 15) is 18.0 Å². The van der Waals surface area contributed by atoms with E-state index in [-0.39, 0.29) is 54.5 Å². The van der Waals surface area contributed by atoms with E-state index in [2.05, 4.69) is 20.8 Å². The maximum Gasteiger partial charge on any atom is 0.414 e. The SMILES string of the molecule is O=C(COc1ccc(Cl)c(F)c1)N[C@H]1CC[C@H](c2nnc(OCC3CCC3(F)F)o2)NC1. The summed E-state index contributed by atoms with van der Waals surface area (Å²) in [6.07, 6.45) is 1.41. The highest BCUT2D eigenvalue weighted by Crippen LogP contribution is 2.43. The molecule has 1 aromatic heterocycles. The highest BCUT2D eigenvalue weighted by Gasteiger charge is 2.48. The van der Waals surface area contributed by atoms with Crippen LogP contribution < -0.4 is 20.1 Å². The fourth-order valence-electron chi connectivity index (χ4n) is 3.54. The number of halogens is 4. The van der Waals surface area contributed by atoms with Crippen molar-refractivity contribution in [2.75, 3.05) is 19.8 Å². The van der Waals surface area contributed by atoms with Crippen molar-refractivity contribution in [3.63, 3.8) is 0 Å². The Bertz CT molecular complexity index is 953. The van der Waals surface area contributed by atoms with E-state index in [0.717, 1.165) is 6.07 Å². The van der Waals surface area contributed by atoms with Gasteiger partial charge in [0.15, 0.2) is 6.61 Å². The Balaban J connectivity index is 1.17. The van der Waals surface area contributed by atoms with Gasteiger partial charge in [0.2, 0.25) is 5.89 Å². The van der Waals surface area contributed by atoms with Crippen LogP contribution in [0.3, 0.4) is 0 Å². The summed E-state index contributed by atoms with van der Waals surface area (Å²) < 4.78 is 55.9. The molecule has 3 atom stereocenters. The van der Waals surface area contributed by atoms with Crippen LogP contribution in [0.25, 0.3) is 0 Å². The third-order valence-corrected chi connectivity index (χ3v) is 5.90. The molecule has 12 heteroatoms. The van der Waals surface area contributed by atoms with Crippen molar-refractivity contribution in [3.05, 3.63) is 34.9 Å². The number of hydrogen-bond donors (Lipinski definition) is 2. The van der Waals surface area contributed by atoms with E-state index in [1.165, 1.54) is 12.1 Å². The summed E-state index contributed by atoms with van der Waals surface area (Å²) in [5.41, 5.74) is 0. The predicted molar refractivity (Wildman–Crippen MR) is 106 cm³/mol. The second kappa shape index (κ2) is 9.53. The summed E-state index contributed by atoms with van der Waals surface area (Å²) in [4.78, 5) is 12.1. The summed E-state index contributed by atoms with van der Waals surface area (Å²) in [5, 5.41) is 13.7. The molecule has 0 radical (unpaired) electrons. The maximum absolute atomic E-state index is 13.4. The highest BCUT2D eigenvalue weighted by molar-refractivity contribution is 6.30. The molecule has 2 aliphatic rings. The molecule has 2 N–H and O–H groups in total. The minimum atomic E-state index is -2.69. The first-order valence-electron chi connectivity index (χ1n) is 10.2. The average Bonchev–Trinajstić information content (AvgIpc) is 3.23. The van der Waals surface area contributed by atoms with Crippen LogP contribution in [0, 0.1) is 11.7 Å². The number of amides is 1. The largest absolute Gasteiger partial charge is 0.484 e. The Hall–Kier alpha value is -2.53. The smallest absolute Gasteiger partial charge is 0.414 e. The van der Waals surface area contributed by atoms with Gasteiger partial charge in [-0.1, -0.05) is 16.7 Å². The van der Waals surface area contributed by atoms with Crippen LogP contribution in [0.15, 0.2) is 22.6 Å². The lowest BCUT2D eigenvalue weighted by Gasteiger charge is -2.35. The van der Waals surface area contributed by atoms with Crippen LogP contribution in [-0.4, -0.2) is 47.8 Å². The molecule has 4 rings (SSSR count). The predicted octanol–water partition coefficient (Wildman–Crippen LogP) is 3.27. The molecular formula is C20H22ClF3N4O4. The van der Waals surface area contributed by atoms with Crippen molar-refractivity contribution >= 4 is 17.5 Å². The number of nitrogens with zero attached hydrogens (tertiary/aromatic N) is 2. The standard InChI is InChI=1S/C20H22ClF3N4O4/c21-14-3-2-13(7-15(14)22)30-10-17(29)26-12-1-4-16(25-8-12)18-27-28-19(32-18)31-9-11-5-6-20(11,23)24/h2-3,7,11-12,16,25H,1,4-6,8-10H2,(H,26,29)/t11?,12-,16+/m0/s1. The molecule has 174 valence electrons. The topological polar surface area (TPSA) is 98.5 Å². The minimum absolute atomic E-state index is 0.0236.